The average molecular weight is 208 g/mol. The summed E-state index contributed by atoms with van der Waals surface area (Å²) in [5.74, 6) is 0.545. The van der Waals surface area contributed by atoms with Crippen molar-refractivity contribution in [3.63, 3.8) is 0 Å². The Balaban J connectivity index is 1.89. The molecule has 1 aromatic heterocycles. The van der Waals surface area contributed by atoms with E-state index in [4.69, 9.17) is 0 Å². The molecule has 1 fully saturated rings. The molecule has 1 amide bonds. The first-order chi connectivity index (χ1) is 6.79. The number of nitrogens with one attached hydrogen (secondary N) is 1. The lowest BCUT2D eigenvalue weighted by Gasteiger charge is -1.96. The molecule has 1 heterocycles. The van der Waals surface area contributed by atoms with Crippen molar-refractivity contribution < 1.29 is 4.79 Å². The van der Waals surface area contributed by atoms with E-state index in [1.807, 2.05) is 0 Å². The summed E-state index contributed by atoms with van der Waals surface area (Å²) in [7, 11) is 0. The van der Waals surface area contributed by atoms with Crippen LogP contribution < -0.4 is 5.32 Å². The summed E-state index contributed by atoms with van der Waals surface area (Å²) in [5, 5.41) is 5.78. The standard InChI is InChI=1S/C10H12N2OS/c1-2-9(13)11-5-10-12-8(6-14-10)7-3-4-7/h2,6-7H,1,3-5H2,(H,11,13). The second-order valence-electron chi connectivity index (χ2n) is 3.36. The molecule has 2 rings (SSSR count). The molecule has 0 spiro atoms. The van der Waals surface area contributed by atoms with Gasteiger partial charge in [-0.25, -0.2) is 4.98 Å². The summed E-state index contributed by atoms with van der Waals surface area (Å²) in [4.78, 5) is 15.3. The van der Waals surface area contributed by atoms with Gasteiger partial charge in [0, 0.05) is 11.3 Å². The van der Waals surface area contributed by atoms with Gasteiger partial charge in [-0.3, -0.25) is 4.79 Å². The van der Waals surface area contributed by atoms with Gasteiger partial charge in [0.25, 0.3) is 0 Å². The quantitative estimate of drug-likeness (QED) is 0.767. The molecule has 0 aromatic carbocycles. The average Bonchev–Trinajstić information content (AvgIpc) is 2.95. The minimum Gasteiger partial charge on any atom is -0.346 e. The van der Waals surface area contributed by atoms with Crippen LogP contribution in [0.1, 0.15) is 29.5 Å². The van der Waals surface area contributed by atoms with Crippen molar-refractivity contribution in [2.24, 2.45) is 0 Å². The molecular formula is C10H12N2OS. The smallest absolute Gasteiger partial charge is 0.243 e. The van der Waals surface area contributed by atoms with Crippen molar-refractivity contribution in [2.75, 3.05) is 0 Å². The highest BCUT2D eigenvalue weighted by Crippen LogP contribution is 2.40. The van der Waals surface area contributed by atoms with Gasteiger partial charge in [0.05, 0.1) is 12.2 Å². The molecule has 3 nitrogen and oxygen atoms in total. The van der Waals surface area contributed by atoms with Crippen LogP contribution in [0, 0.1) is 0 Å². The third-order valence-electron chi connectivity index (χ3n) is 2.16. The Morgan fingerprint density at radius 1 is 1.79 bits per heavy atom. The summed E-state index contributed by atoms with van der Waals surface area (Å²) in [6.45, 7) is 3.90. The molecule has 74 valence electrons. The number of aromatic nitrogens is 1. The van der Waals surface area contributed by atoms with E-state index in [-0.39, 0.29) is 5.91 Å². The Hall–Kier alpha value is -1.16. The number of hydrogen-bond donors (Lipinski definition) is 1. The van der Waals surface area contributed by atoms with Gasteiger partial charge in [-0.2, -0.15) is 0 Å². The van der Waals surface area contributed by atoms with Crippen LogP contribution in [0.3, 0.4) is 0 Å². The monoisotopic (exact) mass is 208 g/mol. The summed E-state index contributed by atoms with van der Waals surface area (Å²) >= 11 is 1.61. The Bertz CT molecular complexity index is 355. The van der Waals surface area contributed by atoms with E-state index in [2.05, 4.69) is 22.3 Å². The number of rotatable bonds is 4. The molecule has 4 heteroatoms. The first kappa shape index (κ1) is 9.40. The Morgan fingerprint density at radius 3 is 3.21 bits per heavy atom. The van der Waals surface area contributed by atoms with Crippen molar-refractivity contribution in [2.45, 2.75) is 25.3 Å². The van der Waals surface area contributed by atoms with Gasteiger partial charge in [0.15, 0.2) is 0 Å². The van der Waals surface area contributed by atoms with E-state index >= 15 is 0 Å². The third-order valence-corrected chi connectivity index (χ3v) is 3.03. The lowest BCUT2D eigenvalue weighted by atomic mass is 10.3. The lowest BCUT2D eigenvalue weighted by Crippen LogP contribution is -2.19. The fraction of sp³-hybridized carbons (Fsp3) is 0.400. The number of carbonyl (C=O) groups is 1. The van der Waals surface area contributed by atoms with E-state index < -0.39 is 0 Å². The van der Waals surface area contributed by atoms with Crippen molar-refractivity contribution >= 4 is 17.2 Å². The Morgan fingerprint density at radius 2 is 2.57 bits per heavy atom. The van der Waals surface area contributed by atoms with Crippen LogP contribution in [-0.2, 0) is 11.3 Å². The van der Waals surface area contributed by atoms with Crippen LogP contribution in [0.4, 0.5) is 0 Å². The van der Waals surface area contributed by atoms with Gasteiger partial charge < -0.3 is 5.32 Å². The third kappa shape index (κ3) is 2.20. The first-order valence-electron chi connectivity index (χ1n) is 4.64. The molecule has 0 aliphatic heterocycles. The first-order valence-corrected chi connectivity index (χ1v) is 5.52. The molecular weight excluding hydrogens is 196 g/mol. The molecule has 0 radical (unpaired) electrons. The molecule has 1 aliphatic carbocycles. The van der Waals surface area contributed by atoms with E-state index in [1.165, 1.54) is 24.6 Å². The Labute approximate surface area is 86.9 Å². The minimum absolute atomic E-state index is 0.145. The van der Waals surface area contributed by atoms with E-state index in [0.29, 0.717) is 12.5 Å². The fourth-order valence-corrected chi connectivity index (χ4v) is 2.02. The predicted molar refractivity (Wildman–Crippen MR) is 56.1 cm³/mol. The Kier molecular flexibility index (Phi) is 2.63. The maximum absolute atomic E-state index is 10.9. The van der Waals surface area contributed by atoms with Gasteiger partial charge in [0.1, 0.15) is 5.01 Å². The zero-order valence-electron chi connectivity index (χ0n) is 7.82. The number of nitrogens with zero attached hydrogens (tertiary/aromatic N) is 1. The second kappa shape index (κ2) is 3.92. The SMILES string of the molecule is C=CC(=O)NCc1nc(C2CC2)cs1. The molecule has 14 heavy (non-hydrogen) atoms. The van der Waals surface area contributed by atoms with Gasteiger partial charge in [-0.1, -0.05) is 6.58 Å². The van der Waals surface area contributed by atoms with Crippen molar-refractivity contribution in [1.82, 2.24) is 10.3 Å². The van der Waals surface area contributed by atoms with E-state index in [0.717, 1.165) is 5.01 Å². The summed E-state index contributed by atoms with van der Waals surface area (Å²) in [5.41, 5.74) is 1.19. The molecule has 0 saturated heterocycles. The van der Waals surface area contributed by atoms with Crippen LogP contribution in [0.25, 0.3) is 0 Å². The lowest BCUT2D eigenvalue weighted by molar-refractivity contribution is -0.116. The van der Waals surface area contributed by atoms with Crippen LogP contribution in [0.15, 0.2) is 18.0 Å². The van der Waals surface area contributed by atoms with Gasteiger partial charge in [0.2, 0.25) is 5.91 Å². The predicted octanol–water partition coefficient (Wildman–Crippen LogP) is 1.82. The highest BCUT2D eigenvalue weighted by Gasteiger charge is 2.25. The molecule has 1 N–H and O–H groups in total. The van der Waals surface area contributed by atoms with Crippen LogP contribution >= 0.6 is 11.3 Å². The van der Waals surface area contributed by atoms with Crippen LogP contribution in [0.5, 0.6) is 0 Å². The molecule has 0 bridgehead atoms. The molecule has 0 unspecified atom stereocenters. The van der Waals surface area contributed by atoms with Crippen LogP contribution in [-0.4, -0.2) is 10.9 Å². The van der Waals surface area contributed by atoms with Crippen molar-refractivity contribution in [3.05, 3.63) is 28.7 Å². The van der Waals surface area contributed by atoms with Gasteiger partial charge in [-0.15, -0.1) is 11.3 Å². The largest absolute Gasteiger partial charge is 0.346 e. The summed E-state index contributed by atoms with van der Waals surface area (Å²) in [6.07, 6.45) is 3.81. The van der Waals surface area contributed by atoms with Crippen LogP contribution in [0.2, 0.25) is 0 Å². The topological polar surface area (TPSA) is 42.0 Å². The number of amides is 1. The minimum atomic E-state index is -0.145. The maximum atomic E-state index is 10.9. The zero-order valence-corrected chi connectivity index (χ0v) is 8.64. The molecule has 1 aliphatic rings. The second-order valence-corrected chi connectivity index (χ2v) is 4.30. The maximum Gasteiger partial charge on any atom is 0.243 e. The molecule has 1 saturated carbocycles. The van der Waals surface area contributed by atoms with Gasteiger partial charge >= 0.3 is 0 Å². The van der Waals surface area contributed by atoms with Crippen molar-refractivity contribution in [1.29, 1.82) is 0 Å². The summed E-state index contributed by atoms with van der Waals surface area (Å²) < 4.78 is 0. The number of thiazole rings is 1. The molecule has 1 aromatic rings. The van der Waals surface area contributed by atoms with Gasteiger partial charge in [-0.05, 0) is 18.9 Å². The fourth-order valence-electron chi connectivity index (χ4n) is 1.21. The number of hydrogen-bond acceptors (Lipinski definition) is 3. The highest BCUT2D eigenvalue weighted by molar-refractivity contribution is 7.09. The highest BCUT2D eigenvalue weighted by atomic mass is 32.1. The summed E-state index contributed by atoms with van der Waals surface area (Å²) in [6, 6.07) is 0. The molecule has 0 atom stereocenters. The van der Waals surface area contributed by atoms with E-state index in [1.54, 1.807) is 11.3 Å². The number of carbonyl (C=O) groups excluding carboxylic acids is 1. The van der Waals surface area contributed by atoms with E-state index in [9.17, 15) is 4.79 Å². The normalized spacial score (nSPS) is 15.1. The zero-order chi connectivity index (χ0) is 9.97. The van der Waals surface area contributed by atoms with Crippen molar-refractivity contribution in [3.8, 4) is 0 Å².